The molecule has 1 N–H and O–H groups in total. The highest BCUT2D eigenvalue weighted by Crippen LogP contribution is 2.41. The summed E-state index contributed by atoms with van der Waals surface area (Å²) >= 11 is 6.54. The molecule has 0 amide bonds. The van der Waals surface area contributed by atoms with Crippen LogP contribution in [0.4, 0.5) is 0 Å². The Morgan fingerprint density at radius 2 is 2.04 bits per heavy atom. The topological polar surface area (TPSA) is 45.2 Å². The molecule has 23 heavy (non-hydrogen) atoms. The summed E-state index contributed by atoms with van der Waals surface area (Å²) in [6, 6.07) is 3.97. The van der Waals surface area contributed by atoms with Crippen molar-refractivity contribution in [3.8, 4) is 11.5 Å². The van der Waals surface area contributed by atoms with Gasteiger partial charge in [0.15, 0.2) is 11.5 Å². The van der Waals surface area contributed by atoms with E-state index < -0.39 is 0 Å². The molecule has 1 fully saturated rings. The predicted molar refractivity (Wildman–Crippen MR) is 92.7 cm³/mol. The Morgan fingerprint density at radius 1 is 1.30 bits per heavy atom. The highest BCUT2D eigenvalue weighted by molar-refractivity contribution is 6.33. The second-order valence-corrected chi connectivity index (χ2v) is 6.26. The van der Waals surface area contributed by atoms with E-state index in [1.54, 1.807) is 14.2 Å². The number of hydrogen-bond acceptors (Lipinski definition) is 5. The van der Waals surface area contributed by atoms with Crippen LogP contribution < -0.4 is 9.47 Å². The molecule has 1 aromatic carbocycles. The number of methoxy groups -OCH3 is 2. The van der Waals surface area contributed by atoms with Gasteiger partial charge >= 0.3 is 0 Å². The monoisotopic (exact) mass is 342 g/mol. The molecular formula is C17H27ClN2O3. The average molecular weight is 343 g/mol. The summed E-state index contributed by atoms with van der Waals surface area (Å²) in [7, 11) is 3.16. The fraction of sp³-hybridized carbons (Fsp3) is 0.647. The van der Waals surface area contributed by atoms with Gasteiger partial charge in [-0.2, -0.15) is 0 Å². The summed E-state index contributed by atoms with van der Waals surface area (Å²) in [4.78, 5) is 4.74. The third-order valence-electron chi connectivity index (χ3n) is 4.66. The number of nitrogens with zero attached hydrogens (tertiary/aromatic N) is 2. The zero-order valence-electron chi connectivity index (χ0n) is 14.4. The molecule has 130 valence electrons. The second kappa shape index (κ2) is 8.20. The zero-order valence-corrected chi connectivity index (χ0v) is 15.1. The highest BCUT2D eigenvalue weighted by Gasteiger charge is 2.31. The Kier molecular flexibility index (Phi) is 6.53. The van der Waals surface area contributed by atoms with E-state index in [-0.39, 0.29) is 12.6 Å². The van der Waals surface area contributed by atoms with Crippen molar-refractivity contribution in [2.45, 2.75) is 25.9 Å². The minimum Gasteiger partial charge on any atom is -0.493 e. The Balaban J connectivity index is 2.31. The van der Waals surface area contributed by atoms with E-state index >= 15 is 0 Å². The molecule has 2 rings (SSSR count). The number of aliphatic hydroxyl groups excluding tert-OH is 1. The summed E-state index contributed by atoms with van der Waals surface area (Å²) in [5, 5.41) is 10.5. The maximum Gasteiger partial charge on any atom is 0.179 e. The minimum absolute atomic E-state index is 0.0195. The number of likely N-dealkylation sites (N-methyl/N-ethyl adjacent to an activating group) is 1. The lowest BCUT2D eigenvalue weighted by molar-refractivity contribution is 0.0270. The van der Waals surface area contributed by atoms with Crippen LogP contribution in [0, 0.1) is 0 Å². The Labute approximate surface area is 143 Å². The molecule has 5 nitrogen and oxygen atoms in total. The standard InChI is InChI=1S/C17H27ClN2O3/c1-5-19-8-9-20(12(2)10-19)14(11-21)13-6-7-15(22-3)17(23-4)16(13)18/h6-7,12,14,21H,5,8-11H2,1-4H3. The summed E-state index contributed by atoms with van der Waals surface area (Å²) in [6.07, 6.45) is 0. The van der Waals surface area contributed by atoms with Crippen LogP contribution in [0.5, 0.6) is 11.5 Å². The van der Waals surface area contributed by atoms with Crippen molar-refractivity contribution in [2.24, 2.45) is 0 Å². The molecule has 6 heteroatoms. The number of aliphatic hydroxyl groups is 1. The van der Waals surface area contributed by atoms with E-state index in [9.17, 15) is 5.11 Å². The quantitative estimate of drug-likeness (QED) is 0.860. The van der Waals surface area contributed by atoms with Crippen molar-refractivity contribution in [3.63, 3.8) is 0 Å². The van der Waals surface area contributed by atoms with Crippen LogP contribution in [0.25, 0.3) is 0 Å². The summed E-state index contributed by atoms with van der Waals surface area (Å²) in [5.41, 5.74) is 0.878. The van der Waals surface area contributed by atoms with Gasteiger partial charge in [0.2, 0.25) is 0 Å². The molecule has 1 aliphatic heterocycles. The number of piperazine rings is 1. The first-order valence-electron chi connectivity index (χ1n) is 8.06. The zero-order chi connectivity index (χ0) is 17.0. The second-order valence-electron chi connectivity index (χ2n) is 5.88. The van der Waals surface area contributed by atoms with E-state index in [0.29, 0.717) is 22.6 Å². The van der Waals surface area contributed by atoms with Crippen LogP contribution >= 0.6 is 11.6 Å². The van der Waals surface area contributed by atoms with Crippen LogP contribution in [-0.2, 0) is 0 Å². The smallest absolute Gasteiger partial charge is 0.179 e. The third kappa shape index (κ3) is 3.74. The van der Waals surface area contributed by atoms with Crippen molar-refractivity contribution in [3.05, 3.63) is 22.7 Å². The fourth-order valence-electron chi connectivity index (χ4n) is 3.34. The SMILES string of the molecule is CCN1CCN(C(CO)c2ccc(OC)c(OC)c2Cl)C(C)C1. The van der Waals surface area contributed by atoms with Gasteiger partial charge in [-0.05, 0) is 25.1 Å². The van der Waals surface area contributed by atoms with Gasteiger partial charge in [-0.15, -0.1) is 0 Å². The Bertz CT molecular complexity index is 527. The van der Waals surface area contributed by atoms with Gasteiger partial charge < -0.3 is 19.5 Å². The van der Waals surface area contributed by atoms with Crippen molar-refractivity contribution < 1.29 is 14.6 Å². The molecule has 2 unspecified atom stereocenters. The Hall–Kier alpha value is -1.01. The molecule has 1 aliphatic rings. The fourth-order valence-corrected chi connectivity index (χ4v) is 3.70. The summed E-state index contributed by atoms with van der Waals surface area (Å²) < 4.78 is 10.7. The molecule has 0 radical (unpaired) electrons. The lowest BCUT2D eigenvalue weighted by Gasteiger charge is -2.43. The molecule has 2 atom stereocenters. The van der Waals surface area contributed by atoms with Crippen LogP contribution in [0.15, 0.2) is 12.1 Å². The van der Waals surface area contributed by atoms with Crippen molar-refractivity contribution >= 4 is 11.6 Å². The number of benzene rings is 1. The average Bonchev–Trinajstić information content (AvgIpc) is 2.57. The molecule has 1 saturated heterocycles. The van der Waals surface area contributed by atoms with Crippen molar-refractivity contribution in [1.82, 2.24) is 9.80 Å². The van der Waals surface area contributed by atoms with Gasteiger partial charge in [-0.25, -0.2) is 0 Å². The van der Waals surface area contributed by atoms with Gasteiger partial charge in [-0.3, -0.25) is 4.90 Å². The first-order valence-corrected chi connectivity index (χ1v) is 8.44. The molecule has 0 aromatic heterocycles. The number of ether oxygens (including phenoxy) is 2. The van der Waals surface area contributed by atoms with Gasteiger partial charge in [0.1, 0.15) is 0 Å². The van der Waals surface area contributed by atoms with E-state index in [2.05, 4.69) is 23.6 Å². The first kappa shape index (κ1) is 18.3. The molecule has 0 aliphatic carbocycles. The van der Waals surface area contributed by atoms with Crippen LogP contribution in [0.2, 0.25) is 5.02 Å². The van der Waals surface area contributed by atoms with E-state index in [1.807, 2.05) is 12.1 Å². The number of hydrogen-bond donors (Lipinski definition) is 1. The molecule has 1 heterocycles. The van der Waals surface area contributed by atoms with Gasteiger partial charge in [0.05, 0.1) is 31.9 Å². The Morgan fingerprint density at radius 3 is 2.57 bits per heavy atom. The van der Waals surface area contributed by atoms with E-state index in [4.69, 9.17) is 21.1 Å². The maximum absolute atomic E-state index is 10.0. The normalized spacial score (nSPS) is 21.2. The summed E-state index contributed by atoms with van der Waals surface area (Å²) in [6.45, 7) is 8.35. The lowest BCUT2D eigenvalue weighted by Crippen LogP contribution is -2.53. The minimum atomic E-state index is -0.142. The van der Waals surface area contributed by atoms with E-state index in [1.165, 1.54) is 0 Å². The van der Waals surface area contributed by atoms with E-state index in [0.717, 1.165) is 31.7 Å². The highest BCUT2D eigenvalue weighted by atomic mass is 35.5. The van der Waals surface area contributed by atoms with Crippen LogP contribution in [0.3, 0.4) is 0 Å². The van der Waals surface area contributed by atoms with Gasteiger partial charge in [-0.1, -0.05) is 24.6 Å². The van der Waals surface area contributed by atoms with Gasteiger partial charge in [0.25, 0.3) is 0 Å². The largest absolute Gasteiger partial charge is 0.493 e. The molecule has 0 saturated carbocycles. The molecule has 1 aromatic rings. The number of rotatable bonds is 6. The van der Waals surface area contributed by atoms with Crippen molar-refractivity contribution in [2.75, 3.05) is 47.0 Å². The molecular weight excluding hydrogens is 316 g/mol. The molecule has 0 bridgehead atoms. The summed E-state index contributed by atoms with van der Waals surface area (Å²) in [5.74, 6) is 1.12. The predicted octanol–water partition coefficient (Wildman–Crippen LogP) is 2.42. The van der Waals surface area contributed by atoms with Crippen LogP contribution in [-0.4, -0.2) is 68.0 Å². The van der Waals surface area contributed by atoms with Crippen LogP contribution in [0.1, 0.15) is 25.5 Å². The third-order valence-corrected chi connectivity index (χ3v) is 5.05. The van der Waals surface area contributed by atoms with Gasteiger partial charge in [0, 0.05) is 25.7 Å². The maximum atomic E-state index is 10.0. The first-order chi connectivity index (χ1) is 11.1. The molecule has 0 spiro atoms. The lowest BCUT2D eigenvalue weighted by atomic mass is 10.0. The van der Waals surface area contributed by atoms with Crippen molar-refractivity contribution in [1.29, 1.82) is 0 Å². The number of halogens is 1.